The molecule has 0 heterocycles. The van der Waals surface area contributed by atoms with Crippen LogP contribution in [0, 0.1) is 0 Å². The highest BCUT2D eigenvalue weighted by Crippen LogP contribution is 2.13. The fourth-order valence-corrected chi connectivity index (χ4v) is 2.23. The number of benzene rings is 1. The molecule has 1 unspecified atom stereocenters. The van der Waals surface area contributed by atoms with Gasteiger partial charge in [0.15, 0.2) is 0 Å². The van der Waals surface area contributed by atoms with Gasteiger partial charge in [-0.05, 0) is 11.5 Å². The van der Waals surface area contributed by atoms with E-state index in [4.69, 9.17) is 5.11 Å². The van der Waals surface area contributed by atoms with Crippen LogP contribution in [0.2, 0.25) is 0 Å². The van der Waals surface area contributed by atoms with Gasteiger partial charge in [-0.25, -0.2) is 13.1 Å². The van der Waals surface area contributed by atoms with Crippen LogP contribution >= 0.6 is 0 Å². The standard InChI is InChI=1S/C11H17NO3S/c1-10(11-5-3-2-4-6-11)9-12-16(14,15)8-7-13/h2-6,10,12-13H,7-9H2,1H3. The first-order valence-electron chi connectivity index (χ1n) is 5.18. The zero-order valence-electron chi connectivity index (χ0n) is 9.26. The molecule has 0 fully saturated rings. The van der Waals surface area contributed by atoms with Crippen LogP contribution < -0.4 is 4.72 Å². The number of rotatable bonds is 6. The normalized spacial score (nSPS) is 13.6. The van der Waals surface area contributed by atoms with Gasteiger partial charge in [-0.2, -0.15) is 0 Å². The van der Waals surface area contributed by atoms with Gasteiger partial charge in [0, 0.05) is 6.54 Å². The van der Waals surface area contributed by atoms with Gasteiger partial charge < -0.3 is 5.11 Å². The molecule has 0 aliphatic carbocycles. The van der Waals surface area contributed by atoms with Crippen molar-refractivity contribution in [2.45, 2.75) is 12.8 Å². The Morgan fingerprint density at radius 3 is 2.50 bits per heavy atom. The Hall–Kier alpha value is -0.910. The minimum Gasteiger partial charge on any atom is -0.395 e. The summed E-state index contributed by atoms with van der Waals surface area (Å²) in [4.78, 5) is 0. The smallest absolute Gasteiger partial charge is 0.213 e. The summed E-state index contributed by atoms with van der Waals surface area (Å²) in [6.45, 7) is 1.96. The molecule has 16 heavy (non-hydrogen) atoms. The van der Waals surface area contributed by atoms with Crippen molar-refractivity contribution in [3.05, 3.63) is 35.9 Å². The summed E-state index contributed by atoms with van der Waals surface area (Å²) in [7, 11) is -3.33. The molecule has 0 bridgehead atoms. The third kappa shape index (κ3) is 4.30. The molecule has 1 aromatic rings. The second-order valence-corrected chi connectivity index (χ2v) is 5.63. The van der Waals surface area contributed by atoms with E-state index in [2.05, 4.69) is 4.72 Å². The highest BCUT2D eigenvalue weighted by molar-refractivity contribution is 7.89. The van der Waals surface area contributed by atoms with E-state index in [1.54, 1.807) is 0 Å². The summed E-state index contributed by atoms with van der Waals surface area (Å²) in [5.74, 6) is -0.121. The minimum absolute atomic E-state index is 0.120. The number of sulfonamides is 1. The summed E-state index contributed by atoms with van der Waals surface area (Å²) in [6, 6.07) is 9.70. The van der Waals surface area contributed by atoms with Crippen molar-refractivity contribution in [3.8, 4) is 0 Å². The van der Waals surface area contributed by atoms with Crippen LogP contribution in [0.1, 0.15) is 18.4 Å². The molecule has 4 nitrogen and oxygen atoms in total. The van der Waals surface area contributed by atoms with Crippen LogP contribution in [0.15, 0.2) is 30.3 Å². The Bertz CT molecular complexity index is 402. The first kappa shape index (κ1) is 13.2. The number of hydrogen-bond acceptors (Lipinski definition) is 3. The molecule has 2 N–H and O–H groups in total. The maximum absolute atomic E-state index is 11.3. The Kier molecular flexibility index (Phi) is 4.92. The molecule has 0 amide bonds. The Morgan fingerprint density at radius 1 is 1.31 bits per heavy atom. The average Bonchev–Trinajstić information content (AvgIpc) is 2.27. The monoisotopic (exact) mass is 243 g/mol. The van der Waals surface area contributed by atoms with Gasteiger partial charge in [-0.1, -0.05) is 37.3 Å². The Labute approximate surface area is 96.4 Å². The molecular weight excluding hydrogens is 226 g/mol. The second kappa shape index (κ2) is 5.98. The molecule has 5 heteroatoms. The lowest BCUT2D eigenvalue weighted by Gasteiger charge is -2.12. The van der Waals surface area contributed by atoms with Crippen molar-refractivity contribution < 1.29 is 13.5 Å². The van der Waals surface area contributed by atoms with Crippen LogP contribution in [0.4, 0.5) is 0 Å². The van der Waals surface area contributed by atoms with Gasteiger partial charge in [0.05, 0.1) is 12.4 Å². The maximum atomic E-state index is 11.3. The van der Waals surface area contributed by atoms with Crippen LogP contribution in [0.3, 0.4) is 0 Å². The molecule has 0 aliphatic rings. The maximum Gasteiger partial charge on any atom is 0.213 e. The van der Waals surface area contributed by atoms with Gasteiger partial charge >= 0.3 is 0 Å². The first-order valence-corrected chi connectivity index (χ1v) is 6.83. The van der Waals surface area contributed by atoms with E-state index in [9.17, 15) is 8.42 Å². The fourth-order valence-electron chi connectivity index (χ4n) is 1.34. The summed E-state index contributed by atoms with van der Waals surface area (Å²) in [5, 5.41) is 8.56. The highest BCUT2D eigenvalue weighted by Gasteiger charge is 2.11. The van der Waals surface area contributed by atoms with Crippen molar-refractivity contribution in [1.29, 1.82) is 0 Å². The Balaban J connectivity index is 2.51. The molecule has 1 aromatic carbocycles. The average molecular weight is 243 g/mol. The zero-order chi connectivity index (χ0) is 12.0. The summed E-state index contributed by atoms with van der Waals surface area (Å²) >= 11 is 0. The molecule has 1 atom stereocenters. The van der Waals surface area contributed by atoms with Crippen molar-refractivity contribution in [2.24, 2.45) is 0 Å². The molecule has 1 rings (SSSR count). The van der Waals surface area contributed by atoms with Crippen molar-refractivity contribution in [2.75, 3.05) is 18.9 Å². The Morgan fingerprint density at radius 2 is 1.94 bits per heavy atom. The number of aliphatic hydroxyl groups is 1. The molecule has 0 radical (unpaired) electrons. The number of nitrogens with one attached hydrogen (secondary N) is 1. The van der Waals surface area contributed by atoms with E-state index in [0.29, 0.717) is 6.54 Å². The molecule has 0 saturated carbocycles. The summed E-state index contributed by atoms with van der Waals surface area (Å²) in [6.07, 6.45) is 0. The predicted octanol–water partition coefficient (Wildman–Crippen LogP) is 0.702. The SMILES string of the molecule is CC(CNS(=O)(=O)CCO)c1ccccc1. The van der Waals surface area contributed by atoms with E-state index in [1.807, 2.05) is 37.3 Å². The van der Waals surface area contributed by atoms with Crippen molar-refractivity contribution in [3.63, 3.8) is 0 Å². The van der Waals surface area contributed by atoms with Crippen LogP contribution in [0.5, 0.6) is 0 Å². The van der Waals surface area contributed by atoms with Crippen LogP contribution in [-0.4, -0.2) is 32.4 Å². The van der Waals surface area contributed by atoms with Gasteiger partial charge in [0.2, 0.25) is 10.0 Å². The zero-order valence-corrected chi connectivity index (χ0v) is 10.1. The summed E-state index contributed by atoms with van der Waals surface area (Å²) in [5.41, 5.74) is 1.09. The largest absolute Gasteiger partial charge is 0.395 e. The molecule has 0 aromatic heterocycles. The van der Waals surface area contributed by atoms with Crippen molar-refractivity contribution >= 4 is 10.0 Å². The van der Waals surface area contributed by atoms with E-state index in [-0.39, 0.29) is 18.3 Å². The third-order valence-corrected chi connectivity index (χ3v) is 3.66. The third-order valence-electron chi connectivity index (χ3n) is 2.34. The topological polar surface area (TPSA) is 66.4 Å². The van der Waals surface area contributed by atoms with Gasteiger partial charge in [0.1, 0.15) is 0 Å². The second-order valence-electron chi connectivity index (χ2n) is 3.70. The lowest BCUT2D eigenvalue weighted by Crippen LogP contribution is -2.30. The summed E-state index contributed by atoms with van der Waals surface area (Å²) < 4.78 is 25.1. The molecule has 0 aliphatic heterocycles. The van der Waals surface area contributed by atoms with Crippen LogP contribution in [-0.2, 0) is 10.0 Å². The van der Waals surface area contributed by atoms with E-state index < -0.39 is 10.0 Å². The van der Waals surface area contributed by atoms with Gasteiger partial charge in [-0.15, -0.1) is 0 Å². The minimum atomic E-state index is -3.33. The van der Waals surface area contributed by atoms with Gasteiger partial charge in [-0.3, -0.25) is 0 Å². The van der Waals surface area contributed by atoms with E-state index in [0.717, 1.165) is 5.56 Å². The highest BCUT2D eigenvalue weighted by atomic mass is 32.2. The molecular formula is C11H17NO3S. The van der Waals surface area contributed by atoms with Crippen LogP contribution in [0.25, 0.3) is 0 Å². The quantitative estimate of drug-likeness (QED) is 0.773. The van der Waals surface area contributed by atoms with E-state index >= 15 is 0 Å². The van der Waals surface area contributed by atoms with Gasteiger partial charge in [0.25, 0.3) is 0 Å². The fraction of sp³-hybridized carbons (Fsp3) is 0.455. The first-order chi connectivity index (χ1) is 7.55. The van der Waals surface area contributed by atoms with E-state index in [1.165, 1.54) is 0 Å². The number of hydrogen-bond donors (Lipinski definition) is 2. The lowest BCUT2D eigenvalue weighted by molar-refractivity contribution is 0.319. The molecule has 0 spiro atoms. The molecule has 90 valence electrons. The van der Waals surface area contributed by atoms with Crippen molar-refractivity contribution in [1.82, 2.24) is 4.72 Å². The lowest BCUT2D eigenvalue weighted by atomic mass is 10.0. The predicted molar refractivity (Wildman–Crippen MR) is 63.7 cm³/mol. The number of aliphatic hydroxyl groups excluding tert-OH is 1. The molecule has 0 saturated heterocycles.